The van der Waals surface area contributed by atoms with Crippen molar-refractivity contribution < 1.29 is 9.50 Å². The molecule has 1 nitrogen and oxygen atoms in total. The van der Waals surface area contributed by atoms with Gasteiger partial charge in [0.1, 0.15) is 5.75 Å². The molecule has 0 aliphatic heterocycles. The first-order valence-electron chi connectivity index (χ1n) is 4.21. The quantitative estimate of drug-likeness (QED) is 0.757. The second-order valence-electron chi connectivity index (χ2n) is 3.04. The first kappa shape index (κ1) is 9.78. The summed E-state index contributed by atoms with van der Waals surface area (Å²) in [5.41, 5.74) is 1.44. The van der Waals surface area contributed by atoms with Crippen molar-refractivity contribution in [2.75, 3.05) is 6.67 Å². The number of alkyl halides is 1. The van der Waals surface area contributed by atoms with Gasteiger partial charge in [0.15, 0.2) is 0 Å². The van der Waals surface area contributed by atoms with Gasteiger partial charge in [-0.1, -0.05) is 31.7 Å². The predicted octanol–water partition coefficient (Wildman–Crippen LogP) is 3.11. The second kappa shape index (κ2) is 4.08. The number of phenols is 1. The third-order valence-corrected chi connectivity index (χ3v) is 2.08. The van der Waals surface area contributed by atoms with E-state index < -0.39 is 6.67 Å². The molecule has 1 aromatic carbocycles. The number of aromatic hydroxyl groups is 1. The van der Waals surface area contributed by atoms with E-state index in [0.717, 1.165) is 5.56 Å². The minimum absolute atomic E-state index is 0.160. The third-order valence-electron chi connectivity index (χ3n) is 2.08. The largest absolute Gasteiger partial charge is 0.507 e. The second-order valence-corrected chi connectivity index (χ2v) is 3.04. The van der Waals surface area contributed by atoms with Gasteiger partial charge in [-0.15, -0.1) is 0 Å². The maximum absolute atomic E-state index is 12.4. The topological polar surface area (TPSA) is 20.2 Å². The Bertz CT molecular complexity index is 307. The van der Waals surface area contributed by atoms with Crippen molar-refractivity contribution in [2.24, 2.45) is 0 Å². The van der Waals surface area contributed by atoms with Crippen LogP contribution in [0.5, 0.6) is 5.75 Å². The average Bonchev–Trinajstić information content (AvgIpc) is 2.16. The van der Waals surface area contributed by atoms with Crippen LogP contribution in [-0.4, -0.2) is 11.8 Å². The Kier molecular flexibility index (Phi) is 3.07. The van der Waals surface area contributed by atoms with E-state index in [-0.39, 0.29) is 11.7 Å². The van der Waals surface area contributed by atoms with E-state index in [9.17, 15) is 9.50 Å². The minimum Gasteiger partial charge on any atom is -0.507 e. The van der Waals surface area contributed by atoms with Gasteiger partial charge >= 0.3 is 0 Å². The first-order valence-corrected chi connectivity index (χ1v) is 4.21. The fourth-order valence-corrected chi connectivity index (χ4v) is 1.31. The zero-order valence-electron chi connectivity index (χ0n) is 7.63. The van der Waals surface area contributed by atoms with Crippen molar-refractivity contribution in [3.8, 4) is 5.75 Å². The van der Waals surface area contributed by atoms with E-state index in [1.54, 1.807) is 31.2 Å². The molecule has 1 N–H and O–H groups in total. The Balaban J connectivity index is 3.19. The molecule has 0 aliphatic rings. The molecule has 0 bridgehead atoms. The molecule has 0 fully saturated rings. The number of benzene rings is 1. The van der Waals surface area contributed by atoms with Gasteiger partial charge in [-0.2, -0.15) is 0 Å². The molecule has 0 aliphatic carbocycles. The monoisotopic (exact) mass is 180 g/mol. The van der Waals surface area contributed by atoms with E-state index in [1.807, 2.05) is 0 Å². The van der Waals surface area contributed by atoms with Gasteiger partial charge in [-0.3, -0.25) is 4.39 Å². The zero-order chi connectivity index (χ0) is 9.84. The smallest absolute Gasteiger partial charge is 0.123 e. The lowest BCUT2D eigenvalue weighted by molar-refractivity contribution is 0.442. The summed E-state index contributed by atoms with van der Waals surface area (Å²) in [5, 5.41) is 9.44. The molecule has 0 heterocycles. The van der Waals surface area contributed by atoms with E-state index in [4.69, 9.17) is 0 Å². The van der Waals surface area contributed by atoms with Gasteiger partial charge in [0, 0.05) is 11.5 Å². The van der Waals surface area contributed by atoms with Gasteiger partial charge in [-0.05, 0) is 11.6 Å². The zero-order valence-corrected chi connectivity index (χ0v) is 7.63. The summed E-state index contributed by atoms with van der Waals surface area (Å²) in [5.74, 6) is -0.0344. The van der Waals surface area contributed by atoms with Crippen LogP contribution in [0.1, 0.15) is 24.0 Å². The summed E-state index contributed by atoms with van der Waals surface area (Å²) in [6.45, 7) is 4.94. The van der Waals surface area contributed by atoms with Gasteiger partial charge in [0.05, 0.1) is 6.67 Å². The number of rotatable bonds is 3. The van der Waals surface area contributed by atoms with Crippen molar-refractivity contribution in [3.05, 3.63) is 35.9 Å². The SMILES string of the molecule is C=Cc1c(O)cccc1C(C)CF. The van der Waals surface area contributed by atoms with Crippen LogP contribution in [-0.2, 0) is 0 Å². The maximum Gasteiger partial charge on any atom is 0.123 e. The van der Waals surface area contributed by atoms with Crippen molar-refractivity contribution >= 4 is 6.08 Å². The lowest BCUT2D eigenvalue weighted by atomic mass is 9.96. The van der Waals surface area contributed by atoms with Gasteiger partial charge in [0.25, 0.3) is 0 Å². The number of phenolic OH excluding ortho intramolecular Hbond substituents is 1. The van der Waals surface area contributed by atoms with E-state index in [2.05, 4.69) is 6.58 Å². The Morgan fingerprint density at radius 1 is 1.62 bits per heavy atom. The number of hydrogen-bond acceptors (Lipinski definition) is 1. The molecule has 13 heavy (non-hydrogen) atoms. The fourth-order valence-electron chi connectivity index (χ4n) is 1.31. The summed E-state index contributed by atoms with van der Waals surface area (Å²) in [4.78, 5) is 0. The summed E-state index contributed by atoms with van der Waals surface area (Å²) >= 11 is 0. The molecule has 1 aromatic rings. The van der Waals surface area contributed by atoms with Gasteiger partial charge in [0.2, 0.25) is 0 Å². The number of hydrogen-bond donors (Lipinski definition) is 1. The summed E-state index contributed by atoms with van der Waals surface area (Å²) in [6, 6.07) is 5.09. The van der Waals surface area contributed by atoms with Crippen molar-refractivity contribution in [1.82, 2.24) is 0 Å². The molecule has 1 unspecified atom stereocenters. The van der Waals surface area contributed by atoms with Crippen LogP contribution in [0.15, 0.2) is 24.8 Å². The fraction of sp³-hybridized carbons (Fsp3) is 0.273. The normalized spacial score (nSPS) is 12.5. The maximum atomic E-state index is 12.4. The highest BCUT2D eigenvalue weighted by atomic mass is 19.1. The molecule has 0 saturated carbocycles. The Hall–Kier alpha value is -1.31. The first-order chi connectivity index (χ1) is 6.20. The minimum atomic E-state index is -0.426. The van der Waals surface area contributed by atoms with E-state index in [0.29, 0.717) is 5.56 Å². The highest BCUT2D eigenvalue weighted by Gasteiger charge is 2.10. The third kappa shape index (κ3) is 1.89. The van der Waals surface area contributed by atoms with Gasteiger partial charge < -0.3 is 5.11 Å². The van der Waals surface area contributed by atoms with E-state index >= 15 is 0 Å². The Labute approximate surface area is 77.5 Å². The van der Waals surface area contributed by atoms with E-state index in [1.165, 1.54) is 0 Å². The van der Waals surface area contributed by atoms with Crippen LogP contribution in [0.25, 0.3) is 6.08 Å². The summed E-state index contributed by atoms with van der Waals surface area (Å²) in [6.07, 6.45) is 1.55. The molecular weight excluding hydrogens is 167 g/mol. The molecule has 0 aromatic heterocycles. The molecule has 0 amide bonds. The van der Waals surface area contributed by atoms with Crippen LogP contribution < -0.4 is 0 Å². The van der Waals surface area contributed by atoms with Crippen LogP contribution in [0.2, 0.25) is 0 Å². The van der Waals surface area contributed by atoms with Gasteiger partial charge in [-0.25, -0.2) is 0 Å². The van der Waals surface area contributed by atoms with Crippen LogP contribution in [0.3, 0.4) is 0 Å². The highest BCUT2D eigenvalue weighted by Crippen LogP contribution is 2.28. The van der Waals surface area contributed by atoms with Crippen molar-refractivity contribution in [1.29, 1.82) is 0 Å². The molecule has 0 saturated heterocycles. The number of halogens is 1. The molecule has 0 radical (unpaired) electrons. The predicted molar refractivity (Wildman–Crippen MR) is 52.6 cm³/mol. The van der Waals surface area contributed by atoms with Crippen molar-refractivity contribution in [3.63, 3.8) is 0 Å². The molecule has 2 heteroatoms. The van der Waals surface area contributed by atoms with Crippen LogP contribution in [0, 0.1) is 0 Å². The molecule has 0 spiro atoms. The standard InChI is InChI=1S/C11H13FO/c1-3-9-10(8(2)7-12)5-4-6-11(9)13/h3-6,8,13H,1,7H2,2H3. The van der Waals surface area contributed by atoms with Crippen molar-refractivity contribution in [2.45, 2.75) is 12.8 Å². The Morgan fingerprint density at radius 3 is 2.85 bits per heavy atom. The average molecular weight is 180 g/mol. The molecule has 1 rings (SSSR count). The van der Waals surface area contributed by atoms with Crippen LogP contribution in [0.4, 0.5) is 4.39 Å². The Morgan fingerprint density at radius 2 is 2.31 bits per heavy atom. The molecule has 1 atom stereocenters. The summed E-state index contributed by atoms with van der Waals surface area (Å²) in [7, 11) is 0. The molecular formula is C11H13FO. The molecule has 70 valence electrons. The highest BCUT2D eigenvalue weighted by molar-refractivity contribution is 5.60. The summed E-state index contributed by atoms with van der Waals surface area (Å²) < 4.78 is 12.4. The lowest BCUT2D eigenvalue weighted by Crippen LogP contribution is -1.98. The lowest BCUT2D eigenvalue weighted by Gasteiger charge is -2.11. The van der Waals surface area contributed by atoms with Crippen LogP contribution >= 0.6 is 0 Å².